The molecule has 1 heterocycles. The van der Waals surface area contributed by atoms with Gasteiger partial charge < -0.3 is 15.5 Å². The second-order valence-electron chi connectivity index (χ2n) is 6.65. The Kier molecular flexibility index (Phi) is 6.30. The third-order valence-electron chi connectivity index (χ3n) is 4.76. The maximum absolute atomic E-state index is 12.6. The zero-order valence-corrected chi connectivity index (χ0v) is 15.6. The Bertz CT molecular complexity index is 756. The van der Waals surface area contributed by atoms with Crippen LogP contribution in [0.5, 0.6) is 0 Å². The summed E-state index contributed by atoms with van der Waals surface area (Å²) in [6.07, 6.45) is 3.76. The molecule has 1 atom stereocenters. The first-order valence-corrected chi connectivity index (χ1v) is 9.36. The van der Waals surface area contributed by atoms with Gasteiger partial charge >= 0.3 is 6.03 Å². The molecule has 0 radical (unpaired) electrons. The zero-order chi connectivity index (χ0) is 19.1. The summed E-state index contributed by atoms with van der Waals surface area (Å²) in [7, 11) is 1.48. The molecule has 6 heteroatoms. The lowest BCUT2D eigenvalue weighted by Crippen LogP contribution is -2.42. The van der Waals surface area contributed by atoms with E-state index < -0.39 is 18.0 Å². The Hall–Kier alpha value is -3.02. The quantitative estimate of drug-likeness (QED) is 0.759. The molecule has 27 heavy (non-hydrogen) atoms. The van der Waals surface area contributed by atoms with Crippen LogP contribution in [0.1, 0.15) is 30.9 Å². The smallest absolute Gasteiger partial charge is 0.321 e. The molecular weight excluding hydrogens is 340 g/mol. The van der Waals surface area contributed by atoms with Crippen LogP contribution in [-0.2, 0) is 4.79 Å². The predicted octanol–water partition coefficient (Wildman–Crippen LogP) is 3.29. The van der Waals surface area contributed by atoms with Crippen molar-refractivity contribution in [2.24, 2.45) is 0 Å². The van der Waals surface area contributed by atoms with E-state index in [4.69, 9.17) is 0 Å². The number of piperidine rings is 1. The van der Waals surface area contributed by atoms with Crippen LogP contribution in [0.4, 0.5) is 16.2 Å². The molecule has 3 N–H and O–H groups in total. The van der Waals surface area contributed by atoms with Crippen molar-refractivity contribution in [1.29, 1.82) is 0 Å². The van der Waals surface area contributed by atoms with E-state index in [2.05, 4.69) is 33.0 Å². The summed E-state index contributed by atoms with van der Waals surface area (Å²) >= 11 is 0. The van der Waals surface area contributed by atoms with Crippen molar-refractivity contribution in [3.63, 3.8) is 0 Å². The molecule has 3 amide bonds. The number of nitrogens with one attached hydrogen (secondary N) is 3. The molecule has 0 bridgehead atoms. The molecule has 0 aromatic heterocycles. The van der Waals surface area contributed by atoms with Crippen molar-refractivity contribution in [2.45, 2.75) is 25.3 Å². The fraction of sp³-hybridized carbons (Fsp3) is 0.333. The van der Waals surface area contributed by atoms with Crippen molar-refractivity contribution >= 4 is 23.3 Å². The van der Waals surface area contributed by atoms with Crippen molar-refractivity contribution in [3.05, 3.63) is 60.2 Å². The Morgan fingerprint density at radius 2 is 1.59 bits per heavy atom. The topological polar surface area (TPSA) is 73.5 Å². The molecule has 1 fully saturated rings. The summed E-state index contributed by atoms with van der Waals surface area (Å²) in [6.45, 7) is 2.18. The molecule has 0 spiro atoms. The summed E-state index contributed by atoms with van der Waals surface area (Å²) in [6, 6.07) is 16.3. The molecular formula is C21H26N4O2. The third kappa shape index (κ3) is 5.00. The lowest BCUT2D eigenvalue weighted by molar-refractivity contribution is -0.120. The van der Waals surface area contributed by atoms with Crippen LogP contribution in [0, 0.1) is 0 Å². The van der Waals surface area contributed by atoms with Crippen LogP contribution < -0.4 is 20.9 Å². The van der Waals surface area contributed by atoms with E-state index in [1.807, 2.05) is 42.5 Å². The van der Waals surface area contributed by atoms with Crippen LogP contribution in [0.25, 0.3) is 0 Å². The van der Waals surface area contributed by atoms with E-state index in [1.54, 1.807) is 0 Å². The van der Waals surface area contributed by atoms with Crippen molar-refractivity contribution < 1.29 is 9.59 Å². The fourth-order valence-electron chi connectivity index (χ4n) is 3.28. The molecule has 1 saturated heterocycles. The summed E-state index contributed by atoms with van der Waals surface area (Å²) in [5.74, 6) is -0.402. The number of imide groups is 1. The second-order valence-corrected chi connectivity index (χ2v) is 6.65. The monoisotopic (exact) mass is 366 g/mol. The molecule has 142 valence electrons. The molecule has 0 unspecified atom stereocenters. The molecule has 1 aliphatic rings. The third-order valence-corrected chi connectivity index (χ3v) is 4.76. The Morgan fingerprint density at radius 1 is 0.926 bits per heavy atom. The number of carbonyl (C=O) groups is 2. The van der Waals surface area contributed by atoms with Crippen molar-refractivity contribution in [1.82, 2.24) is 10.6 Å². The van der Waals surface area contributed by atoms with Gasteiger partial charge in [-0.2, -0.15) is 0 Å². The van der Waals surface area contributed by atoms with Gasteiger partial charge in [-0.25, -0.2) is 4.79 Å². The van der Waals surface area contributed by atoms with E-state index in [1.165, 1.54) is 32.0 Å². The van der Waals surface area contributed by atoms with Gasteiger partial charge in [0.2, 0.25) is 0 Å². The minimum Gasteiger partial charge on any atom is -0.372 e. The number of carbonyl (C=O) groups excluding carboxylic acids is 2. The number of benzene rings is 2. The molecule has 1 aliphatic heterocycles. The first-order valence-electron chi connectivity index (χ1n) is 9.36. The van der Waals surface area contributed by atoms with Gasteiger partial charge in [0, 0.05) is 31.5 Å². The molecule has 3 rings (SSSR count). The van der Waals surface area contributed by atoms with Gasteiger partial charge in [-0.05, 0) is 49.1 Å². The van der Waals surface area contributed by atoms with Gasteiger partial charge in [-0.3, -0.25) is 10.1 Å². The molecule has 0 saturated carbocycles. The van der Waals surface area contributed by atoms with E-state index in [-0.39, 0.29) is 0 Å². The van der Waals surface area contributed by atoms with Crippen molar-refractivity contribution in [2.75, 3.05) is 30.4 Å². The highest BCUT2D eigenvalue weighted by Gasteiger charge is 2.22. The summed E-state index contributed by atoms with van der Waals surface area (Å²) in [5.41, 5.74) is 2.82. The van der Waals surface area contributed by atoms with E-state index in [0.717, 1.165) is 24.3 Å². The number of amides is 3. The lowest BCUT2D eigenvalue weighted by atomic mass is 10.1. The summed E-state index contributed by atoms with van der Waals surface area (Å²) in [5, 5.41) is 8.00. The second kappa shape index (κ2) is 9.07. The van der Waals surface area contributed by atoms with E-state index in [9.17, 15) is 9.59 Å². The van der Waals surface area contributed by atoms with Crippen LogP contribution in [-0.4, -0.2) is 32.1 Å². The number of rotatable bonds is 5. The van der Waals surface area contributed by atoms with Crippen molar-refractivity contribution in [3.8, 4) is 0 Å². The zero-order valence-electron chi connectivity index (χ0n) is 15.6. The highest BCUT2D eigenvalue weighted by molar-refractivity contribution is 5.98. The standard InChI is InChI=1S/C21H26N4O2/c1-22-21(27)24-20(26)19(16-8-4-2-5-9-16)23-17-10-12-18(13-11-17)25-14-6-3-7-15-25/h2,4-5,8-13,19,23H,3,6-7,14-15H2,1H3,(H2,22,24,26,27)/t19-/m1/s1. The summed E-state index contributed by atoms with van der Waals surface area (Å²) < 4.78 is 0. The first kappa shape index (κ1) is 18.8. The Morgan fingerprint density at radius 3 is 2.22 bits per heavy atom. The average Bonchev–Trinajstić information content (AvgIpc) is 2.73. The van der Waals surface area contributed by atoms with Gasteiger partial charge in [0.15, 0.2) is 0 Å². The fourth-order valence-corrected chi connectivity index (χ4v) is 3.28. The molecule has 2 aromatic rings. The normalized spacial score (nSPS) is 14.9. The van der Waals surface area contributed by atoms with Crippen LogP contribution in [0.15, 0.2) is 54.6 Å². The van der Waals surface area contributed by atoms with Gasteiger partial charge in [0.05, 0.1) is 0 Å². The number of nitrogens with zero attached hydrogens (tertiary/aromatic N) is 1. The Balaban J connectivity index is 1.75. The highest BCUT2D eigenvalue weighted by Crippen LogP contribution is 2.24. The maximum atomic E-state index is 12.6. The number of anilines is 2. The first-order chi connectivity index (χ1) is 13.2. The van der Waals surface area contributed by atoms with Gasteiger partial charge in [0.1, 0.15) is 6.04 Å². The van der Waals surface area contributed by atoms with Crippen LogP contribution >= 0.6 is 0 Å². The van der Waals surface area contributed by atoms with Gasteiger partial charge in [-0.15, -0.1) is 0 Å². The minimum absolute atomic E-state index is 0.402. The van der Waals surface area contributed by atoms with Gasteiger partial charge in [-0.1, -0.05) is 30.3 Å². The van der Waals surface area contributed by atoms with E-state index >= 15 is 0 Å². The maximum Gasteiger partial charge on any atom is 0.321 e. The lowest BCUT2D eigenvalue weighted by Gasteiger charge is -2.29. The number of urea groups is 1. The Labute approximate surface area is 159 Å². The SMILES string of the molecule is CNC(=O)NC(=O)[C@H](Nc1ccc(N2CCCCC2)cc1)c1ccccc1. The summed E-state index contributed by atoms with van der Waals surface area (Å²) in [4.78, 5) is 26.5. The van der Waals surface area contributed by atoms with Gasteiger partial charge in [0.25, 0.3) is 5.91 Å². The van der Waals surface area contributed by atoms with E-state index in [0.29, 0.717) is 0 Å². The average molecular weight is 366 g/mol. The molecule has 6 nitrogen and oxygen atoms in total. The number of hydrogen-bond acceptors (Lipinski definition) is 4. The highest BCUT2D eigenvalue weighted by atomic mass is 16.2. The largest absolute Gasteiger partial charge is 0.372 e. The minimum atomic E-state index is -0.663. The van der Waals surface area contributed by atoms with Crippen LogP contribution in [0.2, 0.25) is 0 Å². The molecule has 0 aliphatic carbocycles. The predicted molar refractivity (Wildman–Crippen MR) is 108 cm³/mol. The van der Waals surface area contributed by atoms with Crippen LogP contribution in [0.3, 0.4) is 0 Å². The number of hydrogen-bond donors (Lipinski definition) is 3. The molecule has 2 aromatic carbocycles.